The van der Waals surface area contributed by atoms with Gasteiger partial charge in [-0.05, 0) is 48.4 Å². The van der Waals surface area contributed by atoms with Gasteiger partial charge in [0.25, 0.3) is 5.56 Å². The van der Waals surface area contributed by atoms with Crippen molar-refractivity contribution in [1.29, 1.82) is 0 Å². The highest BCUT2D eigenvalue weighted by molar-refractivity contribution is 9.11. The first-order valence-corrected chi connectivity index (χ1v) is 10.4. The van der Waals surface area contributed by atoms with Crippen LogP contribution in [0.4, 0.5) is 4.79 Å². The number of nitrogens with zero attached hydrogens (tertiary/aromatic N) is 5. The highest BCUT2D eigenvalue weighted by atomic mass is 79.9. The number of halogens is 1. The van der Waals surface area contributed by atoms with Crippen molar-refractivity contribution < 1.29 is 4.79 Å². The largest absolute Gasteiger partial charge is 0.323 e. The summed E-state index contributed by atoms with van der Waals surface area (Å²) in [5.74, 6) is 0. The Bertz CT molecular complexity index is 897. The molecule has 4 heterocycles. The van der Waals surface area contributed by atoms with E-state index in [1.165, 1.54) is 11.3 Å². The van der Waals surface area contributed by atoms with Gasteiger partial charge in [0.15, 0.2) is 0 Å². The van der Waals surface area contributed by atoms with Crippen molar-refractivity contribution in [3.05, 3.63) is 26.5 Å². The van der Waals surface area contributed by atoms with E-state index in [1.807, 2.05) is 22.9 Å². The molecular formula is C17H22BrN5O2S. The molecule has 140 valence electrons. The minimum atomic E-state index is -0.0178. The Balaban J connectivity index is 1.49. The third kappa shape index (κ3) is 3.16. The summed E-state index contributed by atoms with van der Waals surface area (Å²) in [5, 5.41) is 0. The molecule has 2 aromatic rings. The van der Waals surface area contributed by atoms with Crippen LogP contribution in [0.15, 0.2) is 21.0 Å². The van der Waals surface area contributed by atoms with E-state index in [-0.39, 0.29) is 23.7 Å². The number of urea groups is 1. The second-order valence-electron chi connectivity index (χ2n) is 7.21. The standard InChI is InChI=1S/C17H22BrN5O2S/c1-20-5-3-11(8-20)21(2)17(25)22-6-4-12(9-22)23-10-19-13-7-14(18)26-15(13)16(23)24/h7,10-12H,3-6,8-9H2,1-2H3/t11-,12-/m0/s1. The predicted molar refractivity (Wildman–Crippen MR) is 106 cm³/mol. The van der Waals surface area contributed by atoms with E-state index >= 15 is 0 Å². The summed E-state index contributed by atoms with van der Waals surface area (Å²) in [4.78, 5) is 36.0. The zero-order valence-electron chi connectivity index (χ0n) is 14.9. The van der Waals surface area contributed by atoms with Crippen LogP contribution < -0.4 is 5.56 Å². The van der Waals surface area contributed by atoms with Gasteiger partial charge in [0.2, 0.25) is 0 Å². The van der Waals surface area contributed by atoms with Gasteiger partial charge in [-0.1, -0.05) is 0 Å². The lowest BCUT2D eigenvalue weighted by Gasteiger charge is -2.29. The molecule has 0 bridgehead atoms. The maximum absolute atomic E-state index is 12.8. The van der Waals surface area contributed by atoms with Crippen LogP contribution in [0.5, 0.6) is 0 Å². The molecule has 7 nitrogen and oxygen atoms in total. The molecule has 0 saturated carbocycles. The molecule has 26 heavy (non-hydrogen) atoms. The molecule has 2 aliphatic rings. The minimum absolute atomic E-state index is 0.0103. The molecule has 0 aliphatic carbocycles. The van der Waals surface area contributed by atoms with E-state index in [9.17, 15) is 9.59 Å². The Hall–Kier alpha value is -1.45. The highest BCUT2D eigenvalue weighted by Crippen LogP contribution is 2.27. The van der Waals surface area contributed by atoms with Gasteiger partial charge in [0, 0.05) is 32.7 Å². The maximum Gasteiger partial charge on any atom is 0.320 e. The zero-order chi connectivity index (χ0) is 18.4. The van der Waals surface area contributed by atoms with Crippen LogP contribution >= 0.6 is 27.3 Å². The normalized spacial score (nSPS) is 23.9. The second-order valence-corrected chi connectivity index (χ2v) is 9.64. The van der Waals surface area contributed by atoms with Crippen molar-refractivity contribution in [2.45, 2.75) is 24.9 Å². The van der Waals surface area contributed by atoms with E-state index in [0.29, 0.717) is 17.8 Å². The number of likely N-dealkylation sites (tertiary alicyclic amines) is 2. The lowest BCUT2D eigenvalue weighted by atomic mass is 10.2. The number of hydrogen-bond donors (Lipinski definition) is 0. The maximum atomic E-state index is 12.8. The molecule has 0 radical (unpaired) electrons. The quantitative estimate of drug-likeness (QED) is 0.719. The van der Waals surface area contributed by atoms with E-state index < -0.39 is 0 Å². The first kappa shape index (κ1) is 17.9. The molecule has 0 unspecified atom stereocenters. The Morgan fingerprint density at radius 3 is 2.88 bits per heavy atom. The second kappa shape index (κ2) is 6.94. The van der Waals surface area contributed by atoms with E-state index in [4.69, 9.17) is 0 Å². The fourth-order valence-electron chi connectivity index (χ4n) is 3.91. The summed E-state index contributed by atoms with van der Waals surface area (Å²) in [7, 11) is 3.98. The van der Waals surface area contributed by atoms with Crippen molar-refractivity contribution in [2.24, 2.45) is 0 Å². The van der Waals surface area contributed by atoms with Gasteiger partial charge in [-0.2, -0.15) is 0 Å². The lowest BCUT2D eigenvalue weighted by molar-refractivity contribution is 0.155. The fourth-order valence-corrected chi connectivity index (χ4v) is 5.38. The van der Waals surface area contributed by atoms with Gasteiger partial charge >= 0.3 is 6.03 Å². The molecule has 2 aliphatic heterocycles. The van der Waals surface area contributed by atoms with Crippen LogP contribution in [-0.2, 0) is 0 Å². The smallest absolute Gasteiger partial charge is 0.320 e. The number of carbonyl (C=O) groups excluding carboxylic acids is 1. The Labute approximate surface area is 164 Å². The van der Waals surface area contributed by atoms with Crippen molar-refractivity contribution in [1.82, 2.24) is 24.3 Å². The number of aromatic nitrogens is 2. The SMILES string of the molecule is CN1CC[C@H](N(C)C(=O)N2CC[C@H](n3cnc4cc(Br)sc4c3=O)C2)C1. The minimum Gasteiger partial charge on any atom is -0.323 e. The summed E-state index contributed by atoms with van der Waals surface area (Å²) in [6.07, 6.45) is 3.42. The molecule has 2 aromatic heterocycles. The highest BCUT2D eigenvalue weighted by Gasteiger charge is 2.34. The van der Waals surface area contributed by atoms with Gasteiger partial charge in [0.05, 0.1) is 21.7 Å². The number of fused-ring (bicyclic) bond motifs is 1. The average Bonchev–Trinajstić information content (AvgIpc) is 3.33. The first-order valence-electron chi connectivity index (χ1n) is 8.80. The number of hydrogen-bond acceptors (Lipinski definition) is 5. The van der Waals surface area contributed by atoms with Gasteiger partial charge in [-0.3, -0.25) is 9.36 Å². The monoisotopic (exact) mass is 439 g/mol. The Kier molecular flexibility index (Phi) is 4.79. The van der Waals surface area contributed by atoms with Crippen LogP contribution in [0.1, 0.15) is 18.9 Å². The summed E-state index contributed by atoms with van der Waals surface area (Å²) < 4.78 is 3.26. The third-order valence-electron chi connectivity index (χ3n) is 5.48. The Morgan fingerprint density at radius 2 is 2.15 bits per heavy atom. The molecule has 2 amide bonds. The predicted octanol–water partition coefficient (Wildman–Crippen LogP) is 2.22. The van der Waals surface area contributed by atoms with E-state index in [2.05, 4.69) is 32.9 Å². The fraction of sp³-hybridized carbons (Fsp3) is 0.588. The van der Waals surface area contributed by atoms with Crippen LogP contribution in [-0.4, -0.2) is 76.6 Å². The molecule has 0 spiro atoms. The summed E-state index contributed by atoms with van der Waals surface area (Å²) >= 11 is 4.82. The summed E-state index contributed by atoms with van der Waals surface area (Å²) in [5.41, 5.74) is 0.704. The zero-order valence-corrected chi connectivity index (χ0v) is 17.3. The number of rotatable bonds is 2. The summed E-state index contributed by atoms with van der Waals surface area (Å²) in [6.45, 7) is 3.19. The van der Waals surface area contributed by atoms with Gasteiger partial charge in [-0.25, -0.2) is 9.78 Å². The topological polar surface area (TPSA) is 61.7 Å². The van der Waals surface area contributed by atoms with Gasteiger partial charge in [-0.15, -0.1) is 11.3 Å². The number of likely N-dealkylation sites (N-methyl/N-ethyl adjacent to an activating group) is 2. The van der Waals surface area contributed by atoms with Crippen LogP contribution in [0.25, 0.3) is 10.2 Å². The number of thiophene rings is 1. The molecule has 2 saturated heterocycles. The van der Waals surface area contributed by atoms with Crippen molar-refractivity contribution >= 4 is 43.5 Å². The van der Waals surface area contributed by atoms with Gasteiger partial charge in [0.1, 0.15) is 4.70 Å². The summed E-state index contributed by atoms with van der Waals surface area (Å²) in [6, 6.07) is 2.19. The molecular weight excluding hydrogens is 418 g/mol. The molecule has 0 aromatic carbocycles. The van der Waals surface area contributed by atoms with Crippen LogP contribution in [0.2, 0.25) is 0 Å². The Morgan fingerprint density at radius 1 is 1.35 bits per heavy atom. The first-order chi connectivity index (χ1) is 12.4. The van der Waals surface area contributed by atoms with Crippen molar-refractivity contribution in [2.75, 3.05) is 40.3 Å². The van der Waals surface area contributed by atoms with Crippen LogP contribution in [0.3, 0.4) is 0 Å². The van der Waals surface area contributed by atoms with Gasteiger partial charge < -0.3 is 14.7 Å². The van der Waals surface area contributed by atoms with Crippen molar-refractivity contribution in [3.8, 4) is 0 Å². The van der Waals surface area contributed by atoms with E-state index in [0.717, 1.165) is 35.2 Å². The molecule has 2 fully saturated rings. The number of carbonyl (C=O) groups is 1. The third-order valence-corrected chi connectivity index (χ3v) is 7.09. The molecule has 4 rings (SSSR count). The molecule has 0 N–H and O–H groups in total. The molecule has 9 heteroatoms. The average molecular weight is 440 g/mol. The lowest BCUT2D eigenvalue weighted by Crippen LogP contribution is -2.46. The van der Waals surface area contributed by atoms with Crippen molar-refractivity contribution in [3.63, 3.8) is 0 Å². The van der Waals surface area contributed by atoms with E-state index in [1.54, 1.807) is 10.9 Å². The molecule has 2 atom stereocenters. The number of amides is 2. The van der Waals surface area contributed by atoms with Crippen LogP contribution in [0, 0.1) is 0 Å².